The largest absolute Gasteiger partial charge is 0.358 e. The Morgan fingerprint density at radius 2 is 1.84 bits per heavy atom. The zero-order valence-corrected chi connectivity index (χ0v) is 10.2. The van der Waals surface area contributed by atoms with Crippen molar-refractivity contribution in [3.05, 3.63) is 71.0 Å². The molecule has 0 aliphatic carbocycles. The van der Waals surface area contributed by atoms with Crippen molar-refractivity contribution in [2.45, 2.75) is 18.6 Å². The lowest BCUT2D eigenvalue weighted by molar-refractivity contribution is 0.0523. The van der Waals surface area contributed by atoms with Crippen molar-refractivity contribution in [2.24, 2.45) is 0 Å². The van der Waals surface area contributed by atoms with Crippen LogP contribution >= 0.6 is 0 Å². The molecule has 0 bridgehead atoms. The smallest absolute Gasteiger partial charge is 0.155 e. The van der Waals surface area contributed by atoms with Crippen LogP contribution in [-0.4, -0.2) is 6.10 Å². The van der Waals surface area contributed by atoms with E-state index in [9.17, 15) is 9.65 Å². The molecule has 2 aromatic carbocycles. The van der Waals surface area contributed by atoms with E-state index in [0.29, 0.717) is 6.61 Å². The van der Waals surface area contributed by atoms with E-state index in [0.717, 1.165) is 16.7 Å². The molecule has 3 heteroatoms. The minimum Gasteiger partial charge on any atom is -0.358 e. The molecule has 3 rings (SSSR count). The average molecular weight is 253 g/mol. The molecule has 0 saturated carbocycles. The van der Waals surface area contributed by atoms with Gasteiger partial charge in [0.25, 0.3) is 0 Å². The van der Waals surface area contributed by atoms with Crippen LogP contribution < -0.4 is 0 Å². The van der Waals surface area contributed by atoms with E-state index in [1.54, 1.807) is 12.1 Å². The number of rotatable bonds is 1. The first-order valence-corrected chi connectivity index (χ1v) is 6.14. The van der Waals surface area contributed by atoms with Crippen molar-refractivity contribution >= 4 is 0 Å². The highest BCUT2D eigenvalue weighted by atomic mass is 19.1. The molecule has 0 N–H and O–H groups in total. The maximum atomic E-state index is 13.0. The molecule has 19 heavy (non-hydrogen) atoms. The van der Waals surface area contributed by atoms with Gasteiger partial charge in [-0.1, -0.05) is 36.4 Å². The highest BCUT2D eigenvalue weighted by Crippen LogP contribution is 2.36. The van der Waals surface area contributed by atoms with E-state index in [1.807, 2.05) is 24.3 Å². The molecule has 0 amide bonds. The summed E-state index contributed by atoms with van der Waals surface area (Å²) in [5.41, 5.74) is 3.08. The maximum Gasteiger partial charge on any atom is 0.155 e. The van der Waals surface area contributed by atoms with Gasteiger partial charge in [0, 0.05) is 5.92 Å². The number of hydrogen-bond acceptors (Lipinski definition) is 2. The molecule has 2 aromatic rings. The second kappa shape index (κ2) is 4.83. The van der Waals surface area contributed by atoms with E-state index in [-0.39, 0.29) is 11.7 Å². The zero-order valence-electron chi connectivity index (χ0n) is 10.2. The first-order chi connectivity index (χ1) is 9.29. The van der Waals surface area contributed by atoms with Gasteiger partial charge in [0.05, 0.1) is 12.7 Å². The summed E-state index contributed by atoms with van der Waals surface area (Å²) >= 11 is 0. The molecule has 2 unspecified atom stereocenters. The Morgan fingerprint density at radius 1 is 1.11 bits per heavy atom. The summed E-state index contributed by atoms with van der Waals surface area (Å²) in [5.74, 6) is -0.433. The summed E-state index contributed by atoms with van der Waals surface area (Å²) in [5, 5.41) is 9.25. The van der Waals surface area contributed by atoms with Crippen molar-refractivity contribution in [3.8, 4) is 6.07 Å². The van der Waals surface area contributed by atoms with E-state index in [2.05, 4.69) is 6.07 Å². The molecule has 0 spiro atoms. The zero-order chi connectivity index (χ0) is 13.2. The summed E-state index contributed by atoms with van der Waals surface area (Å²) in [6.07, 6.45) is -0.527. The monoisotopic (exact) mass is 253 g/mol. The van der Waals surface area contributed by atoms with E-state index in [1.165, 1.54) is 12.1 Å². The Labute approximate surface area is 111 Å². The lowest BCUT2D eigenvalue weighted by Crippen LogP contribution is -2.27. The van der Waals surface area contributed by atoms with Crippen molar-refractivity contribution in [3.63, 3.8) is 0 Å². The van der Waals surface area contributed by atoms with Crippen LogP contribution in [0.25, 0.3) is 0 Å². The number of nitriles is 1. The normalized spacial score (nSPS) is 21.5. The Hall–Kier alpha value is -2.18. The van der Waals surface area contributed by atoms with Crippen molar-refractivity contribution in [2.75, 3.05) is 0 Å². The molecule has 1 aliphatic rings. The van der Waals surface area contributed by atoms with Crippen molar-refractivity contribution < 1.29 is 9.13 Å². The Balaban J connectivity index is 2.11. The van der Waals surface area contributed by atoms with Gasteiger partial charge in [-0.3, -0.25) is 0 Å². The number of benzene rings is 2. The Morgan fingerprint density at radius 3 is 2.58 bits per heavy atom. The topological polar surface area (TPSA) is 33.0 Å². The van der Waals surface area contributed by atoms with Gasteiger partial charge in [-0.05, 0) is 28.8 Å². The third-order valence-electron chi connectivity index (χ3n) is 3.47. The summed E-state index contributed by atoms with van der Waals surface area (Å²) in [4.78, 5) is 0. The van der Waals surface area contributed by atoms with Crippen molar-refractivity contribution in [1.82, 2.24) is 0 Å². The van der Waals surface area contributed by atoms with Crippen LogP contribution in [0.5, 0.6) is 0 Å². The lowest BCUT2D eigenvalue weighted by Gasteiger charge is -2.30. The maximum absolute atomic E-state index is 13.0. The molecule has 0 fully saturated rings. The third-order valence-corrected chi connectivity index (χ3v) is 3.47. The molecule has 94 valence electrons. The summed E-state index contributed by atoms with van der Waals surface area (Å²) < 4.78 is 18.6. The van der Waals surface area contributed by atoms with Crippen LogP contribution in [0.4, 0.5) is 4.39 Å². The molecule has 1 aliphatic heterocycles. The third kappa shape index (κ3) is 2.11. The van der Waals surface area contributed by atoms with Gasteiger partial charge < -0.3 is 4.74 Å². The Kier molecular flexibility index (Phi) is 3.02. The molecule has 0 saturated heterocycles. The van der Waals surface area contributed by atoms with Crippen molar-refractivity contribution in [1.29, 1.82) is 5.26 Å². The molecule has 1 heterocycles. The van der Waals surface area contributed by atoms with Gasteiger partial charge in [0.2, 0.25) is 0 Å². The highest BCUT2D eigenvalue weighted by Gasteiger charge is 2.31. The van der Waals surface area contributed by atoms with Gasteiger partial charge in [-0.25, -0.2) is 4.39 Å². The standard InChI is InChI=1S/C16H12FNO/c17-13-7-5-11(6-8-13)16-14-4-2-1-3-12(14)10-19-15(16)9-18/h1-8,15-16H,10H2. The van der Waals surface area contributed by atoms with E-state index >= 15 is 0 Å². The molecule has 0 aromatic heterocycles. The highest BCUT2D eigenvalue weighted by molar-refractivity contribution is 5.42. The molecule has 2 nitrogen and oxygen atoms in total. The van der Waals surface area contributed by atoms with Gasteiger partial charge in [0.1, 0.15) is 5.82 Å². The van der Waals surface area contributed by atoms with Crippen LogP contribution in [0.2, 0.25) is 0 Å². The van der Waals surface area contributed by atoms with Crippen LogP contribution in [-0.2, 0) is 11.3 Å². The molecule has 0 radical (unpaired) electrons. The number of fused-ring (bicyclic) bond motifs is 1. The van der Waals surface area contributed by atoms with Gasteiger partial charge in [-0.2, -0.15) is 5.26 Å². The summed E-state index contributed by atoms with van der Waals surface area (Å²) in [7, 11) is 0. The number of hydrogen-bond donors (Lipinski definition) is 0. The fraction of sp³-hybridized carbons (Fsp3) is 0.188. The summed E-state index contributed by atoms with van der Waals surface area (Å²) in [6.45, 7) is 0.450. The predicted octanol–water partition coefficient (Wildman–Crippen LogP) is 3.38. The van der Waals surface area contributed by atoms with Gasteiger partial charge >= 0.3 is 0 Å². The second-order valence-electron chi connectivity index (χ2n) is 4.59. The minimum absolute atomic E-state index is 0.157. The number of halogens is 1. The van der Waals surface area contributed by atoms with E-state index in [4.69, 9.17) is 4.74 Å². The fourth-order valence-electron chi connectivity index (χ4n) is 2.54. The second-order valence-corrected chi connectivity index (χ2v) is 4.59. The molecule has 2 atom stereocenters. The lowest BCUT2D eigenvalue weighted by atomic mass is 9.83. The van der Waals surface area contributed by atoms with Gasteiger partial charge in [-0.15, -0.1) is 0 Å². The fourth-order valence-corrected chi connectivity index (χ4v) is 2.54. The first-order valence-electron chi connectivity index (χ1n) is 6.14. The minimum atomic E-state index is -0.527. The van der Waals surface area contributed by atoms with Crippen LogP contribution in [0.1, 0.15) is 22.6 Å². The van der Waals surface area contributed by atoms with Gasteiger partial charge in [0.15, 0.2) is 6.10 Å². The number of nitrogens with zero attached hydrogens (tertiary/aromatic N) is 1. The van der Waals surface area contributed by atoms with Crippen LogP contribution in [0.3, 0.4) is 0 Å². The molecular formula is C16H12FNO. The predicted molar refractivity (Wildman–Crippen MR) is 68.9 cm³/mol. The number of ether oxygens (including phenoxy) is 1. The first kappa shape index (κ1) is 11.9. The van der Waals surface area contributed by atoms with E-state index < -0.39 is 6.10 Å². The SMILES string of the molecule is N#CC1OCc2ccccc2C1c1ccc(F)cc1. The average Bonchev–Trinajstić information content (AvgIpc) is 2.47. The van der Waals surface area contributed by atoms with Crippen LogP contribution in [0, 0.1) is 17.1 Å². The van der Waals surface area contributed by atoms with Crippen LogP contribution in [0.15, 0.2) is 48.5 Å². The quantitative estimate of drug-likeness (QED) is 0.780. The summed E-state index contributed by atoms with van der Waals surface area (Å²) in [6, 6.07) is 16.4. The Bertz CT molecular complexity index is 630. The molecular weight excluding hydrogens is 241 g/mol.